The Morgan fingerprint density at radius 1 is 1.31 bits per heavy atom. The minimum atomic E-state index is 0.623. The third kappa shape index (κ3) is 3.77. The molecule has 2 N–H and O–H groups in total. The number of hydrogen-bond donors (Lipinski definition) is 2. The zero-order valence-electron chi connectivity index (χ0n) is 10.0. The molecule has 2 rings (SSSR count). The van der Waals surface area contributed by atoms with Gasteiger partial charge >= 0.3 is 0 Å². The molecule has 0 spiro atoms. The number of anilines is 1. The third-order valence-corrected chi connectivity index (χ3v) is 2.56. The summed E-state index contributed by atoms with van der Waals surface area (Å²) in [5.74, 6) is 1.49. The monoisotopic (exact) mass is 220 g/mol. The van der Waals surface area contributed by atoms with Crippen LogP contribution in [-0.2, 0) is 6.54 Å². The predicted octanol–water partition coefficient (Wildman–Crippen LogP) is 1.80. The molecule has 1 fully saturated rings. The van der Waals surface area contributed by atoms with Gasteiger partial charge in [0, 0.05) is 19.1 Å². The standard InChI is InChI=1S/C12H20N4/c1-9(2)7-14-12-6-5-11(15-16-12)8-13-10-3-4-10/h5-6,9-10,13H,3-4,7-8H2,1-2H3,(H,14,16). The Balaban J connectivity index is 1.78. The molecule has 0 aliphatic heterocycles. The SMILES string of the molecule is CC(C)CNc1ccc(CNC2CC2)nn1. The molecule has 1 heterocycles. The molecule has 1 aromatic heterocycles. The Kier molecular flexibility index (Phi) is 3.72. The summed E-state index contributed by atoms with van der Waals surface area (Å²) >= 11 is 0. The second-order valence-electron chi connectivity index (χ2n) is 4.84. The van der Waals surface area contributed by atoms with E-state index in [0.29, 0.717) is 5.92 Å². The van der Waals surface area contributed by atoms with Gasteiger partial charge in [0.15, 0.2) is 0 Å². The van der Waals surface area contributed by atoms with E-state index in [1.54, 1.807) is 0 Å². The quantitative estimate of drug-likeness (QED) is 0.767. The molecule has 0 radical (unpaired) electrons. The van der Waals surface area contributed by atoms with Gasteiger partial charge in [-0.1, -0.05) is 13.8 Å². The van der Waals surface area contributed by atoms with Crippen LogP contribution >= 0.6 is 0 Å². The van der Waals surface area contributed by atoms with Gasteiger partial charge in [-0.25, -0.2) is 0 Å². The van der Waals surface area contributed by atoms with Crippen LogP contribution in [0.3, 0.4) is 0 Å². The van der Waals surface area contributed by atoms with Gasteiger partial charge in [-0.05, 0) is 30.9 Å². The average molecular weight is 220 g/mol. The molecule has 0 aromatic carbocycles. The van der Waals surface area contributed by atoms with Gasteiger partial charge in [0.05, 0.1) is 5.69 Å². The molecule has 4 heteroatoms. The van der Waals surface area contributed by atoms with Gasteiger partial charge in [-0.3, -0.25) is 0 Å². The van der Waals surface area contributed by atoms with Crippen LogP contribution in [0.2, 0.25) is 0 Å². The van der Waals surface area contributed by atoms with Crippen molar-refractivity contribution in [1.82, 2.24) is 15.5 Å². The first-order chi connectivity index (χ1) is 7.74. The number of nitrogens with one attached hydrogen (secondary N) is 2. The first-order valence-electron chi connectivity index (χ1n) is 6.04. The lowest BCUT2D eigenvalue weighted by molar-refractivity contribution is 0.662. The van der Waals surface area contributed by atoms with Gasteiger partial charge in [-0.2, -0.15) is 5.10 Å². The molecular formula is C12H20N4. The summed E-state index contributed by atoms with van der Waals surface area (Å²) in [7, 11) is 0. The van der Waals surface area contributed by atoms with Crippen molar-refractivity contribution in [2.24, 2.45) is 5.92 Å². The van der Waals surface area contributed by atoms with Crippen LogP contribution in [0, 0.1) is 5.92 Å². The Morgan fingerprint density at radius 2 is 2.12 bits per heavy atom. The normalized spacial score (nSPS) is 15.4. The van der Waals surface area contributed by atoms with Crippen molar-refractivity contribution in [3.63, 3.8) is 0 Å². The minimum absolute atomic E-state index is 0.623. The van der Waals surface area contributed by atoms with Crippen LogP contribution in [0.25, 0.3) is 0 Å². The Bertz CT molecular complexity index is 291. The minimum Gasteiger partial charge on any atom is -0.368 e. The second kappa shape index (κ2) is 5.25. The van der Waals surface area contributed by atoms with Crippen LogP contribution in [0.5, 0.6) is 0 Å². The molecule has 0 saturated heterocycles. The lowest BCUT2D eigenvalue weighted by Crippen LogP contribution is -2.17. The van der Waals surface area contributed by atoms with Gasteiger partial charge in [0.2, 0.25) is 0 Å². The van der Waals surface area contributed by atoms with E-state index < -0.39 is 0 Å². The molecular weight excluding hydrogens is 200 g/mol. The molecule has 88 valence electrons. The predicted molar refractivity (Wildman–Crippen MR) is 65.2 cm³/mol. The number of aromatic nitrogens is 2. The highest BCUT2D eigenvalue weighted by Crippen LogP contribution is 2.18. The van der Waals surface area contributed by atoms with E-state index in [4.69, 9.17) is 0 Å². The zero-order valence-corrected chi connectivity index (χ0v) is 10.0. The van der Waals surface area contributed by atoms with Crippen molar-refractivity contribution in [2.45, 2.75) is 39.3 Å². The summed E-state index contributed by atoms with van der Waals surface area (Å²) in [5.41, 5.74) is 1.02. The highest BCUT2D eigenvalue weighted by atomic mass is 15.2. The zero-order chi connectivity index (χ0) is 11.4. The van der Waals surface area contributed by atoms with Crippen molar-refractivity contribution in [3.8, 4) is 0 Å². The van der Waals surface area contributed by atoms with Crippen molar-refractivity contribution in [3.05, 3.63) is 17.8 Å². The molecule has 0 amide bonds. The summed E-state index contributed by atoms with van der Waals surface area (Å²) in [6.07, 6.45) is 2.61. The maximum atomic E-state index is 4.18. The maximum absolute atomic E-state index is 4.18. The van der Waals surface area contributed by atoms with Crippen molar-refractivity contribution in [1.29, 1.82) is 0 Å². The molecule has 16 heavy (non-hydrogen) atoms. The fourth-order valence-electron chi connectivity index (χ4n) is 1.39. The van der Waals surface area contributed by atoms with E-state index >= 15 is 0 Å². The largest absolute Gasteiger partial charge is 0.368 e. The summed E-state index contributed by atoms with van der Waals surface area (Å²) < 4.78 is 0. The first-order valence-corrected chi connectivity index (χ1v) is 6.04. The van der Waals surface area contributed by atoms with Crippen LogP contribution < -0.4 is 10.6 Å². The molecule has 1 aliphatic carbocycles. The van der Waals surface area contributed by atoms with Gasteiger partial charge in [0.1, 0.15) is 5.82 Å². The van der Waals surface area contributed by atoms with Crippen molar-refractivity contribution in [2.75, 3.05) is 11.9 Å². The van der Waals surface area contributed by atoms with E-state index in [-0.39, 0.29) is 0 Å². The van der Waals surface area contributed by atoms with Gasteiger partial charge in [0.25, 0.3) is 0 Å². The topological polar surface area (TPSA) is 49.8 Å². The first kappa shape index (κ1) is 11.3. The van der Waals surface area contributed by atoms with Gasteiger partial charge in [-0.15, -0.1) is 5.10 Å². The second-order valence-corrected chi connectivity index (χ2v) is 4.84. The van der Waals surface area contributed by atoms with E-state index in [0.717, 1.165) is 30.6 Å². The molecule has 1 aromatic rings. The lowest BCUT2D eigenvalue weighted by Gasteiger charge is -2.07. The van der Waals surface area contributed by atoms with Crippen molar-refractivity contribution < 1.29 is 0 Å². The van der Waals surface area contributed by atoms with Gasteiger partial charge < -0.3 is 10.6 Å². The van der Waals surface area contributed by atoms with Crippen LogP contribution in [0.4, 0.5) is 5.82 Å². The highest BCUT2D eigenvalue weighted by Gasteiger charge is 2.20. The third-order valence-electron chi connectivity index (χ3n) is 2.56. The molecule has 0 unspecified atom stereocenters. The molecule has 0 bridgehead atoms. The van der Waals surface area contributed by atoms with Crippen LogP contribution in [0.1, 0.15) is 32.4 Å². The lowest BCUT2D eigenvalue weighted by atomic mass is 10.2. The fraction of sp³-hybridized carbons (Fsp3) is 0.667. The Hall–Kier alpha value is -1.16. The van der Waals surface area contributed by atoms with Crippen molar-refractivity contribution >= 4 is 5.82 Å². The fourth-order valence-corrected chi connectivity index (χ4v) is 1.39. The number of rotatable bonds is 6. The number of hydrogen-bond acceptors (Lipinski definition) is 4. The average Bonchev–Trinajstić information content (AvgIpc) is 3.09. The molecule has 1 aliphatic rings. The maximum Gasteiger partial charge on any atom is 0.148 e. The summed E-state index contributed by atoms with van der Waals surface area (Å²) in [6.45, 7) is 6.12. The van der Waals surface area contributed by atoms with E-state index in [9.17, 15) is 0 Å². The van der Waals surface area contributed by atoms with E-state index in [1.165, 1.54) is 12.8 Å². The molecule has 0 atom stereocenters. The summed E-state index contributed by atoms with van der Waals surface area (Å²) in [6, 6.07) is 4.75. The Labute approximate surface area is 96.9 Å². The van der Waals surface area contributed by atoms with Crippen LogP contribution in [0.15, 0.2) is 12.1 Å². The van der Waals surface area contributed by atoms with E-state index in [2.05, 4.69) is 34.7 Å². The Morgan fingerprint density at radius 3 is 2.69 bits per heavy atom. The summed E-state index contributed by atoms with van der Waals surface area (Å²) in [5, 5.41) is 15.0. The number of nitrogens with zero attached hydrogens (tertiary/aromatic N) is 2. The molecule has 4 nitrogen and oxygen atoms in total. The van der Waals surface area contributed by atoms with E-state index in [1.807, 2.05) is 12.1 Å². The summed E-state index contributed by atoms with van der Waals surface area (Å²) in [4.78, 5) is 0. The smallest absolute Gasteiger partial charge is 0.148 e. The molecule has 1 saturated carbocycles. The van der Waals surface area contributed by atoms with Crippen LogP contribution in [-0.4, -0.2) is 22.8 Å². The highest BCUT2D eigenvalue weighted by molar-refractivity contribution is 5.32.